The fourth-order valence-electron chi connectivity index (χ4n) is 9.39. The van der Waals surface area contributed by atoms with Crippen LogP contribution < -0.4 is 4.90 Å². The molecular weight excluding hydrogens is 615 g/mol. The maximum Gasteiger partial charge on any atom is 0.0468 e. The van der Waals surface area contributed by atoms with Crippen molar-refractivity contribution in [2.45, 2.75) is 77.0 Å². The second kappa shape index (κ2) is 10.7. The minimum Gasteiger partial charge on any atom is -0.310 e. The first-order valence-electron chi connectivity index (χ1n) is 18.5. The molecule has 7 aromatic rings. The van der Waals surface area contributed by atoms with Gasteiger partial charge in [-0.25, -0.2) is 0 Å². The van der Waals surface area contributed by atoms with Gasteiger partial charge in [0.05, 0.1) is 0 Å². The Morgan fingerprint density at radius 2 is 0.863 bits per heavy atom. The summed E-state index contributed by atoms with van der Waals surface area (Å²) in [6.45, 7) is 19.3. The fourth-order valence-corrected chi connectivity index (χ4v) is 9.39. The second-order valence-corrected chi connectivity index (χ2v) is 17.0. The summed E-state index contributed by atoms with van der Waals surface area (Å²) in [4.78, 5) is 2.44. The Morgan fingerprint density at radius 1 is 0.353 bits per heavy atom. The summed E-state index contributed by atoms with van der Waals surface area (Å²) < 4.78 is 0. The van der Waals surface area contributed by atoms with Crippen molar-refractivity contribution in [1.82, 2.24) is 0 Å². The summed E-state index contributed by atoms with van der Waals surface area (Å²) in [5, 5.41) is 5.20. The zero-order chi connectivity index (χ0) is 35.5. The van der Waals surface area contributed by atoms with Gasteiger partial charge in [0.1, 0.15) is 0 Å². The van der Waals surface area contributed by atoms with Gasteiger partial charge in [0.2, 0.25) is 0 Å². The average molecular weight is 662 g/mol. The number of hydrogen-bond acceptors (Lipinski definition) is 1. The van der Waals surface area contributed by atoms with Crippen LogP contribution in [0.4, 0.5) is 17.1 Å². The van der Waals surface area contributed by atoms with Crippen molar-refractivity contribution in [3.8, 4) is 22.3 Å². The number of benzene rings is 7. The minimum atomic E-state index is -0.0743. The summed E-state index contributed by atoms with van der Waals surface area (Å²) >= 11 is 0. The highest BCUT2D eigenvalue weighted by molar-refractivity contribution is 6.16. The van der Waals surface area contributed by atoms with Gasteiger partial charge in [0, 0.05) is 17.1 Å². The van der Waals surface area contributed by atoms with E-state index in [0.29, 0.717) is 0 Å². The van der Waals surface area contributed by atoms with Crippen LogP contribution in [0.2, 0.25) is 0 Å². The van der Waals surface area contributed by atoms with Crippen molar-refractivity contribution < 1.29 is 0 Å². The third-order valence-electron chi connectivity index (χ3n) is 13.8. The van der Waals surface area contributed by atoms with Gasteiger partial charge < -0.3 is 4.90 Å². The highest BCUT2D eigenvalue weighted by Crippen LogP contribution is 2.57. The van der Waals surface area contributed by atoms with Crippen LogP contribution in [0, 0.1) is 0 Å². The lowest BCUT2D eigenvalue weighted by molar-refractivity contribution is 0.299. The van der Waals surface area contributed by atoms with E-state index in [-0.39, 0.29) is 21.7 Å². The van der Waals surface area contributed by atoms with E-state index in [1.165, 1.54) is 71.7 Å². The fraction of sp³-hybridized carbons (Fsp3) is 0.240. The molecule has 0 saturated heterocycles. The third kappa shape index (κ3) is 4.27. The van der Waals surface area contributed by atoms with Crippen LogP contribution in [-0.2, 0) is 21.7 Å². The quantitative estimate of drug-likeness (QED) is 0.170. The predicted molar refractivity (Wildman–Crippen MR) is 219 cm³/mol. The molecule has 0 atom stereocenters. The lowest BCUT2D eigenvalue weighted by atomic mass is 9.55. The van der Waals surface area contributed by atoms with Gasteiger partial charge in [0.15, 0.2) is 0 Å². The summed E-state index contributed by atoms with van der Waals surface area (Å²) in [5.74, 6) is 0. The van der Waals surface area contributed by atoms with Crippen molar-refractivity contribution in [3.05, 3.63) is 162 Å². The molecule has 0 aromatic heterocycles. The van der Waals surface area contributed by atoms with E-state index in [4.69, 9.17) is 0 Å². The van der Waals surface area contributed by atoms with E-state index in [1.807, 2.05) is 0 Å². The van der Waals surface area contributed by atoms with Crippen LogP contribution in [-0.4, -0.2) is 0 Å². The second-order valence-electron chi connectivity index (χ2n) is 17.0. The first-order chi connectivity index (χ1) is 24.3. The molecule has 252 valence electrons. The van der Waals surface area contributed by atoms with E-state index in [0.717, 1.165) is 11.4 Å². The standard InChI is InChI=1S/C50H47N/c1-47(2)41-20-14-12-18-38(41)39-28-26-36(31-44(39)50(47,7)8)51(34-16-10-9-11-17-34)35-25-27-37-33(30-35)23-22-32-24-29-43-46(45(32)37)40-19-13-15-21-42(40)48(3,4)49(43,5)6/h9-31H,1-8H3. The predicted octanol–water partition coefficient (Wildman–Crippen LogP) is 13.9. The van der Waals surface area contributed by atoms with Gasteiger partial charge in [-0.05, 0) is 124 Å². The van der Waals surface area contributed by atoms with Crippen LogP contribution in [0.3, 0.4) is 0 Å². The summed E-state index contributed by atoms with van der Waals surface area (Å²) in [7, 11) is 0. The molecular formula is C50H47N. The van der Waals surface area contributed by atoms with Gasteiger partial charge in [-0.3, -0.25) is 0 Å². The molecule has 1 nitrogen and oxygen atoms in total. The Labute approximate surface area is 303 Å². The van der Waals surface area contributed by atoms with Gasteiger partial charge in [-0.1, -0.05) is 159 Å². The van der Waals surface area contributed by atoms with Crippen molar-refractivity contribution in [1.29, 1.82) is 0 Å². The van der Waals surface area contributed by atoms with Crippen LogP contribution >= 0.6 is 0 Å². The smallest absolute Gasteiger partial charge is 0.0468 e. The summed E-state index contributed by atoms with van der Waals surface area (Å²) in [5.41, 5.74) is 14.5. The number of nitrogens with zero attached hydrogens (tertiary/aromatic N) is 1. The summed E-state index contributed by atoms with van der Waals surface area (Å²) in [6.07, 6.45) is 0. The lowest BCUT2D eigenvalue weighted by Gasteiger charge is -2.48. The lowest BCUT2D eigenvalue weighted by Crippen LogP contribution is -2.43. The minimum absolute atomic E-state index is 0.00105. The maximum absolute atomic E-state index is 2.46. The molecule has 0 radical (unpaired) electrons. The molecule has 0 saturated carbocycles. The van der Waals surface area contributed by atoms with Crippen LogP contribution in [0.5, 0.6) is 0 Å². The normalized spacial score (nSPS) is 17.3. The van der Waals surface area contributed by atoms with E-state index in [9.17, 15) is 0 Å². The molecule has 0 unspecified atom stereocenters. The molecule has 0 heterocycles. The van der Waals surface area contributed by atoms with Crippen LogP contribution in [0.25, 0.3) is 43.8 Å². The monoisotopic (exact) mass is 661 g/mol. The van der Waals surface area contributed by atoms with Crippen LogP contribution in [0.1, 0.15) is 77.6 Å². The largest absolute Gasteiger partial charge is 0.310 e. The van der Waals surface area contributed by atoms with E-state index >= 15 is 0 Å². The molecule has 0 spiro atoms. The molecule has 2 aliphatic carbocycles. The molecule has 2 aliphatic rings. The van der Waals surface area contributed by atoms with E-state index in [2.05, 4.69) is 200 Å². The molecule has 9 rings (SSSR count). The van der Waals surface area contributed by atoms with Crippen LogP contribution in [0.15, 0.2) is 140 Å². The number of rotatable bonds is 3. The molecule has 51 heavy (non-hydrogen) atoms. The van der Waals surface area contributed by atoms with Crippen molar-refractivity contribution >= 4 is 38.6 Å². The number of fused-ring (bicyclic) bond motifs is 10. The van der Waals surface area contributed by atoms with Gasteiger partial charge >= 0.3 is 0 Å². The van der Waals surface area contributed by atoms with E-state index < -0.39 is 0 Å². The zero-order valence-corrected chi connectivity index (χ0v) is 31.2. The Morgan fingerprint density at radius 3 is 1.59 bits per heavy atom. The van der Waals surface area contributed by atoms with Crippen molar-refractivity contribution in [2.75, 3.05) is 4.90 Å². The van der Waals surface area contributed by atoms with Gasteiger partial charge in [-0.15, -0.1) is 0 Å². The number of hydrogen-bond donors (Lipinski definition) is 0. The summed E-state index contributed by atoms with van der Waals surface area (Å²) in [6, 6.07) is 52.6. The Hall–Kier alpha value is -5.14. The molecule has 0 fully saturated rings. The molecule has 0 amide bonds. The molecule has 7 aromatic carbocycles. The number of anilines is 3. The maximum atomic E-state index is 2.46. The Kier molecular flexibility index (Phi) is 6.67. The Bertz CT molecular complexity index is 2530. The molecule has 0 aliphatic heterocycles. The highest BCUT2D eigenvalue weighted by Gasteiger charge is 2.47. The topological polar surface area (TPSA) is 3.24 Å². The van der Waals surface area contributed by atoms with Gasteiger partial charge in [0.25, 0.3) is 0 Å². The molecule has 0 bridgehead atoms. The highest BCUT2D eigenvalue weighted by atomic mass is 15.1. The van der Waals surface area contributed by atoms with Crippen molar-refractivity contribution in [3.63, 3.8) is 0 Å². The molecule has 1 heteroatoms. The Balaban J connectivity index is 1.27. The number of para-hydroxylation sites is 1. The van der Waals surface area contributed by atoms with Crippen molar-refractivity contribution in [2.24, 2.45) is 0 Å². The zero-order valence-electron chi connectivity index (χ0n) is 31.2. The van der Waals surface area contributed by atoms with E-state index in [1.54, 1.807) is 0 Å². The van der Waals surface area contributed by atoms with Gasteiger partial charge in [-0.2, -0.15) is 0 Å². The molecule has 0 N–H and O–H groups in total. The SMILES string of the molecule is CC1(C)c2ccccc2-c2ccc(N(c3ccccc3)c3ccc4c(ccc5ccc6c(c54)-c4ccccc4C(C)(C)C6(C)C)c3)cc2C1(C)C. The first-order valence-corrected chi connectivity index (χ1v) is 18.5. The average Bonchev–Trinajstić information content (AvgIpc) is 3.13. The third-order valence-corrected chi connectivity index (χ3v) is 13.8. The first kappa shape index (κ1) is 31.8.